The van der Waals surface area contributed by atoms with Crippen molar-refractivity contribution in [3.05, 3.63) is 34.9 Å². The van der Waals surface area contributed by atoms with E-state index in [1.54, 1.807) is 4.68 Å². The summed E-state index contributed by atoms with van der Waals surface area (Å²) >= 11 is 0. The van der Waals surface area contributed by atoms with Crippen molar-refractivity contribution in [1.29, 1.82) is 0 Å². The van der Waals surface area contributed by atoms with Gasteiger partial charge in [0.2, 0.25) is 0 Å². The van der Waals surface area contributed by atoms with E-state index in [2.05, 4.69) is 15.2 Å². The van der Waals surface area contributed by atoms with Gasteiger partial charge in [-0.25, -0.2) is 14.3 Å². The smallest absolute Gasteiger partial charge is 0.354 e. The second-order valence-electron chi connectivity index (χ2n) is 5.36. The molecule has 8 heteroatoms. The van der Waals surface area contributed by atoms with Gasteiger partial charge in [-0.2, -0.15) is 10.2 Å². The molecular formula is C15H15N5O3. The summed E-state index contributed by atoms with van der Waals surface area (Å²) in [4.78, 5) is 27.5. The van der Waals surface area contributed by atoms with Crippen LogP contribution >= 0.6 is 0 Å². The third-order valence-corrected chi connectivity index (χ3v) is 3.77. The van der Waals surface area contributed by atoms with Gasteiger partial charge in [0.1, 0.15) is 5.69 Å². The van der Waals surface area contributed by atoms with Crippen molar-refractivity contribution in [3.63, 3.8) is 0 Å². The van der Waals surface area contributed by atoms with Crippen LogP contribution in [0.15, 0.2) is 12.1 Å². The van der Waals surface area contributed by atoms with Gasteiger partial charge in [-0.3, -0.25) is 9.48 Å². The molecule has 0 saturated carbocycles. The zero-order chi connectivity index (χ0) is 16.9. The van der Waals surface area contributed by atoms with Crippen LogP contribution in [0.4, 0.5) is 0 Å². The Morgan fingerprint density at radius 1 is 1.17 bits per heavy atom. The Bertz CT molecular complexity index is 967. The van der Waals surface area contributed by atoms with E-state index in [-0.39, 0.29) is 17.2 Å². The van der Waals surface area contributed by atoms with E-state index < -0.39 is 5.97 Å². The summed E-state index contributed by atoms with van der Waals surface area (Å²) in [6.07, 6.45) is 0. The lowest BCUT2D eigenvalue weighted by atomic mass is 10.1. The van der Waals surface area contributed by atoms with Crippen molar-refractivity contribution in [2.45, 2.75) is 20.8 Å². The van der Waals surface area contributed by atoms with Gasteiger partial charge in [-0.05, 0) is 19.9 Å². The van der Waals surface area contributed by atoms with Crippen molar-refractivity contribution in [2.75, 3.05) is 0 Å². The highest BCUT2D eigenvalue weighted by molar-refractivity contribution is 5.94. The normalized spacial score (nSPS) is 11.1. The second kappa shape index (κ2) is 5.01. The molecule has 0 bridgehead atoms. The van der Waals surface area contributed by atoms with Crippen LogP contribution in [0.5, 0.6) is 0 Å². The van der Waals surface area contributed by atoms with Gasteiger partial charge in [0.25, 0.3) is 0 Å². The topological polar surface area (TPSA) is 102 Å². The molecule has 0 saturated heterocycles. The highest BCUT2D eigenvalue weighted by Crippen LogP contribution is 2.26. The highest BCUT2D eigenvalue weighted by Gasteiger charge is 2.20. The minimum Gasteiger partial charge on any atom is -0.477 e. The SMILES string of the molecule is CC(=O)c1cc2nc(-c3c(C)nn(C)c3C)cc(C(=O)O)n2n1. The molecule has 0 fully saturated rings. The summed E-state index contributed by atoms with van der Waals surface area (Å²) in [5.74, 6) is -1.39. The summed E-state index contributed by atoms with van der Waals surface area (Å²) in [6.45, 7) is 5.10. The molecule has 8 nitrogen and oxygen atoms in total. The van der Waals surface area contributed by atoms with Crippen LogP contribution in [-0.2, 0) is 7.05 Å². The molecular weight excluding hydrogens is 298 g/mol. The minimum absolute atomic E-state index is 0.0554. The summed E-state index contributed by atoms with van der Waals surface area (Å²) in [7, 11) is 1.81. The molecule has 3 heterocycles. The number of carboxylic acids is 1. The van der Waals surface area contributed by atoms with E-state index in [1.807, 2.05) is 20.9 Å². The number of rotatable bonds is 3. The highest BCUT2D eigenvalue weighted by atomic mass is 16.4. The summed E-state index contributed by atoms with van der Waals surface area (Å²) in [6, 6.07) is 2.93. The Labute approximate surface area is 131 Å². The molecule has 0 radical (unpaired) electrons. The fraction of sp³-hybridized carbons (Fsp3) is 0.267. The maximum absolute atomic E-state index is 11.6. The van der Waals surface area contributed by atoms with E-state index in [0.717, 1.165) is 17.0 Å². The molecule has 0 spiro atoms. The predicted molar refractivity (Wildman–Crippen MR) is 81.6 cm³/mol. The lowest BCUT2D eigenvalue weighted by Crippen LogP contribution is -2.09. The predicted octanol–water partition coefficient (Wildman–Crippen LogP) is 1.65. The number of hydrogen-bond donors (Lipinski definition) is 1. The fourth-order valence-electron chi connectivity index (χ4n) is 2.57. The van der Waals surface area contributed by atoms with Crippen LogP contribution in [0.1, 0.15) is 39.3 Å². The first kappa shape index (κ1) is 14.9. The van der Waals surface area contributed by atoms with Gasteiger partial charge in [-0.15, -0.1) is 0 Å². The van der Waals surface area contributed by atoms with Crippen LogP contribution in [0.2, 0.25) is 0 Å². The van der Waals surface area contributed by atoms with Crippen LogP contribution in [0.25, 0.3) is 16.9 Å². The van der Waals surface area contributed by atoms with E-state index >= 15 is 0 Å². The summed E-state index contributed by atoms with van der Waals surface area (Å²) in [5, 5.41) is 17.8. The Morgan fingerprint density at radius 2 is 1.87 bits per heavy atom. The molecule has 0 atom stereocenters. The third-order valence-electron chi connectivity index (χ3n) is 3.77. The maximum Gasteiger partial charge on any atom is 0.354 e. The second-order valence-corrected chi connectivity index (χ2v) is 5.36. The van der Waals surface area contributed by atoms with E-state index in [4.69, 9.17) is 0 Å². The number of nitrogens with zero attached hydrogens (tertiary/aromatic N) is 5. The Kier molecular flexibility index (Phi) is 3.24. The standard InChI is InChI=1S/C15H15N5O3/c1-7-14(8(2)19(4)17-7)11-5-12(15(22)23)20-13(16-11)6-10(18-20)9(3)21/h5-6H,1-4H3,(H,22,23). The number of aromatic carboxylic acids is 1. The number of hydrogen-bond acceptors (Lipinski definition) is 5. The largest absolute Gasteiger partial charge is 0.477 e. The number of fused-ring (bicyclic) bond motifs is 1. The first-order chi connectivity index (χ1) is 10.8. The van der Waals surface area contributed by atoms with Gasteiger partial charge < -0.3 is 5.11 Å². The van der Waals surface area contributed by atoms with Gasteiger partial charge in [0.15, 0.2) is 17.1 Å². The Morgan fingerprint density at radius 3 is 2.39 bits per heavy atom. The molecule has 0 aliphatic rings. The van der Waals surface area contributed by atoms with E-state index in [9.17, 15) is 14.7 Å². The van der Waals surface area contributed by atoms with Crippen LogP contribution in [-0.4, -0.2) is 41.2 Å². The number of aryl methyl sites for hydroxylation is 2. The molecule has 0 unspecified atom stereocenters. The van der Waals surface area contributed by atoms with Crippen molar-refractivity contribution >= 4 is 17.4 Å². The Hall–Kier alpha value is -3.03. The molecule has 23 heavy (non-hydrogen) atoms. The zero-order valence-electron chi connectivity index (χ0n) is 13.2. The van der Waals surface area contributed by atoms with Crippen LogP contribution < -0.4 is 0 Å². The van der Waals surface area contributed by atoms with Crippen molar-refractivity contribution in [2.24, 2.45) is 7.05 Å². The molecule has 118 valence electrons. The first-order valence-electron chi connectivity index (χ1n) is 6.95. The molecule has 0 amide bonds. The van der Waals surface area contributed by atoms with Crippen molar-refractivity contribution in [3.8, 4) is 11.3 Å². The Balaban J connectivity index is 2.35. The average Bonchev–Trinajstić information content (AvgIpc) is 2.99. The van der Waals surface area contributed by atoms with E-state index in [1.165, 1.54) is 23.6 Å². The molecule has 3 rings (SSSR count). The van der Waals surface area contributed by atoms with Crippen LogP contribution in [0, 0.1) is 13.8 Å². The summed E-state index contributed by atoms with van der Waals surface area (Å²) in [5.41, 5.74) is 3.34. The first-order valence-corrected chi connectivity index (χ1v) is 6.95. The minimum atomic E-state index is -1.14. The van der Waals surface area contributed by atoms with Crippen LogP contribution in [0.3, 0.4) is 0 Å². The number of ketones is 1. The number of aromatic nitrogens is 5. The zero-order valence-corrected chi connectivity index (χ0v) is 13.2. The number of Topliss-reactive ketones (excluding diaryl/α,β-unsaturated/α-hetero) is 1. The summed E-state index contributed by atoms with van der Waals surface area (Å²) < 4.78 is 2.89. The quantitative estimate of drug-likeness (QED) is 0.738. The molecule has 0 aliphatic heterocycles. The molecule has 3 aromatic heterocycles. The fourth-order valence-corrected chi connectivity index (χ4v) is 2.57. The lowest BCUT2D eigenvalue weighted by molar-refractivity contribution is 0.0686. The average molecular weight is 313 g/mol. The molecule has 1 N–H and O–H groups in total. The third kappa shape index (κ3) is 2.28. The lowest BCUT2D eigenvalue weighted by Gasteiger charge is -2.05. The van der Waals surface area contributed by atoms with Crippen molar-refractivity contribution in [1.82, 2.24) is 24.4 Å². The number of carbonyl (C=O) groups excluding carboxylic acids is 1. The van der Waals surface area contributed by atoms with Gasteiger partial charge in [0, 0.05) is 31.3 Å². The number of carbonyl (C=O) groups is 2. The van der Waals surface area contributed by atoms with Crippen molar-refractivity contribution < 1.29 is 14.7 Å². The molecule has 0 aliphatic carbocycles. The van der Waals surface area contributed by atoms with Gasteiger partial charge in [-0.1, -0.05) is 0 Å². The maximum atomic E-state index is 11.6. The monoisotopic (exact) mass is 313 g/mol. The molecule has 3 aromatic rings. The van der Waals surface area contributed by atoms with Gasteiger partial charge >= 0.3 is 5.97 Å². The van der Waals surface area contributed by atoms with Gasteiger partial charge in [0.05, 0.1) is 11.4 Å². The van der Waals surface area contributed by atoms with E-state index in [0.29, 0.717) is 11.3 Å². The molecule has 0 aromatic carbocycles. The number of carboxylic acid groups (broad SMARTS) is 1.